The topological polar surface area (TPSA) is 47.9 Å². The van der Waals surface area contributed by atoms with Gasteiger partial charge in [-0.2, -0.15) is 0 Å². The van der Waals surface area contributed by atoms with Gasteiger partial charge < -0.3 is 9.47 Å². The summed E-state index contributed by atoms with van der Waals surface area (Å²) < 4.78 is 10.8. The smallest absolute Gasteiger partial charge is 0.217 e. The van der Waals surface area contributed by atoms with E-state index in [-0.39, 0.29) is 5.54 Å². The summed E-state index contributed by atoms with van der Waals surface area (Å²) in [6, 6.07) is 13.5. The summed E-state index contributed by atoms with van der Waals surface area (Å²) in [5, 5.41) is 0. The molecule has 4 nitrogen and oxygen atoms in total. The van der Waals surface area contributed by atoms with Crippen molar-refractivity contribution < 1.29 is 14.3 Å². The Hall–Kier alpha value is -2.62. The Morgan fingerprint density at radius 3 is 2.39 bits per heavy atom. The van der Waals surface area contributed by atoms with Crippen molar-refractivity contribution in [2.24, 2.45) is 4.99 Å². The molecule has 0 N–H and O–H groups in total. The zero-order valence-corrected chi connectivity index (χ0v) is 13.5. The van der Waals surface area contributed by atoms with Gasteiger partial charge in [-0.3, -0.25) is 4.79 Å². The SMILES string of the molecule is COc1ccc(-c2ccc(C3=NC(C)(C)CO3)c(C=O)c2)cc1. The molecule has 0 unspecified atom stereocenters. The molecular weight excluding hydrogens is 290 g/mol. The van der Waals surface area contributed by atoms with Crippen molar-refractivity contribution in [1.29, 1.82) is 0 Å². The summed E-state index contributed by atoms with van der Waals surface area (Å²) in [7, 11) is 1.64. The Labute approximate surface area is 135 Å². The van der Waals surface area contributed by atoms with Gasteiger partial charge >= 0.3 is 0 Å². The van der Waals surface area contributed by atoms with Crippen LogP contribution in [0.3, 0.4) is 0 Å². The van der Waals surface area contributed by atoms with Crippen molar-refractivity contribution in [2.75, 3.05) is 13.7 Å². The van der Waals surface area contributed by atoms with Crippen molar-refractivity contribution in [2.45, 2.75) is 19.4 Å². The minimum Gasteiger partial charge on any atom is -0.497 e. The largest absolute Gasteiger partial charge is 0.497 e. The summed E-state index contributed by atoms with van der Waals surface area (Å²) in [6.45, 7) is 4.54. The van der Waals surface area contributed by atoms with Crippen LogP contribution in [0.1, 0.15) is 29.8 Å². The van der Waals surface area contributed by atoms with Crippen LogP contribution in [0.2, 0.25) is 0 Å². The monoisotopic (exact) mass is 309 g/mol. The number of benzene rings is 2. The van der Waals surface area contributed by atoms with Crippen LogP contribution in [-0.4, -0.2) is 31.4 Å². The quantitative estimate of drug-likeness (QED) is 0.809. The third-order valence-electron chi connectivity index (χ3n) is 3.80. The molecule has 0 fully saturated rings. The number of hydrogen-bond donors (Lipinski definition) is 0. The summed E-state index contributed by atoms with van der Waals surface area (Å²) in [6.07, 6.45) is 0.847. The Morgan fingerprint density at radius 1 is 1.13 bits per heavy atom. The van der Waals surface area contributed by atoms with Gasteiger partial charge in [0.25, 0.3) is 0 Å². The maximum Gasteiger partial charge on any atom is 0.217 e. The first-order valence-corrected chi connectivity index (χ1v) is 7.49. The fourth-order valence-corrected chi connectivity index (χ4v) is 2.54. The maximum atomic E-state index is 11.5. The normalized spacial score (nSPS) is 15.7. The molecule has 2 aromatic rings. The van der Waals surface area contributed by atoms with Gasteiger partial charge in [0.2, 0.25) is 5.90 Å². The average Bonchev–Trinajstić information content (AvgIpc) is 2.94. The van der Waals surface area contributed by atoms with Crippen LogP contribution in [0.25, 0.3) is 11.1 Å². The molecule has 2 aromatic carbocycles. The van der Waals surface area contributed by atoms with Crippen LogP contribution < -0.4 is 4.74 Å². The van der Waals surface area contributed by atoms with E-state index >= 15 is 0 Å². The van der Waals surface area contributed by atoms with E-state index in [9.17, 15) is 4.79 Å². The number of aliphatic imine (C=N–C) groups is 1. The zero-order chi connectivity index (χ0) is 16.4. The van der Waals surface area contributed by atoms with Crippen LogP contribution in [-0.2, 0) is 4.74 Å². The molecule has 0 atom stereocenters. The summed E-state index contributed by atoms with van der Waals surface area (Å²) in [5.41, 5.74) is 3.06. The Kier molecular flexibility index (Phi) is 3.90. The second-order valence-electron chi connectivity index (χ2n) is 6.17. The molecule has 4 heteroatoms. The molecule has 0 saturated heterocycles. The number of methoxy groups -OCH3 is 1. The van der Waals surface area contributed by atoms with Crippen molar-refractivity contribution in [3.63, 3.8) is 0 Å². The number of carbonyl (C=O) groups is 1. The molecule has 1 aliphatic heterocycles. The van der Waals surface area contributed by atoms with Crippen molar-refractivity contribution >= 4 is 12.2 Å². The maximum absolute atomic E-state index is 11.5. The summed E-state index contributed by atoms with van der Waals surface area (Å²) in [4.78, 5) is 16.0. The van der Waals surface area contributed by atoms with Crippen LogP contribution in [0.5, 0.6) is 5.75 Å². The highest BCUT2D eigenvalue weighted by Crippen LogP contribution is 2.27. The van der Waals surface area contributed by atoms with Crippen LogP contribution in [0.15, 0.2) is 47.5 Å². The number of aldehydes is 1. The van der Waals surface area contributed by atoms with E-state index in [2.05, 4.69) is 4.99 Å². The van der Waals surface area contributed by atoms with Gasteiger partial charge in [0, 0.05) is 11.1 Å². The predicted octanol–water partition coefficient (Wildman–Crippen LogP) is 3.73. The highest BCUT2D eigenvalue weighted by Gasteiger charge is 2.28. The third kappa shape index (κ3) is 3.11. The molecule has 0 amide bonds. The van der Waals surface area contributed by atoms with Gasteiger partial charge in [-0.25, -0.2) is 4.99 Å². The Morgan fingerprint density at radius 2 is 1.83 bits per heavy atom. The lowest BCUT2D eigenvalue weighted by Gasteiger charge is -2.08. The molecule has 3 rings (SSSR count). The second kappa shape index (κ2) is 5.88. The lowest BCUT2D eigenvalue weighted by molar-refractivity contribution is 0.112. The lowest BCUT2D eigenvalue weighted by atomic mass is 9.99. The van der Waals surface area contributed by atoms with Crippen LogP contribution in [0.4, 0.5) is 0 Å². The van der Waals surface area contributed by atoms with Crippen molar-refractivity contribution in [3.8, 4) is 16.9 Å². The molecule has 0 aliphatic carbocycles. The number of rotatable bonds is 4. The molecule has 0 saturated carbocycles. The molecular formula is C19H19NO3. The van der Waals surface area contributed by atoms with E-state index in [0.29, 0.717) is 18.1 Å². The van der Waals surface area contributed by atoms with E-state index in [1.165, 1.54) is 0 Å². The van der Waals surface area contributed by atoms with E-state index in [1.54, 1.807) is 7.11 Å². The number of carbonyl (C=O) groups excluding carboxylic acids is 1. The zero-order valence-electron chi connectivity index (χ0n) is 13.5. The third-order valence-corrected chi connectivity index (χ3v) is 3.80. The first-order chi connectivity index (χ1) is 11.0. The Balaban J connectivity index is 1.98. The van der Waals surface area contributed by atoms with Gasteiger partial charge in [-0.1, -0.05) is 18.2 Å². The van der Waals surface area contributed by atoms with Gasteiger partial charge in [-0.15, -0.1) is 0 Å². The fourth-order valence-electron chi connectivity index (χ4n) is 2.54. The number of nitrogens with zero attached hydrogens (tertiary/aromatic N) is 1. The molecule has 0 spiro atoms. The highest BCUT2D eigenvalue weighted by atomic mass is 16.5. The van der Waals surface area contributed by atoms with E-state index in [4.69, 9.17) is 9.47 Å². The number of hydrogen-bond acceptors (Lipinski definition) is 4. The predicted molar refractivity (Wildman–Crippen MR) is 90.4 cm³/mol. The van der Waals surface area contributed by atoms with Crippen LogP contribution >= 0.6 is 0 Å². The van der Waals surface area contributed by atoms with E-state index in [0.717, 1.165) is 28.7 Å². The standard InChI is InChI=1S/C19H19NO3/c1-19(2)12-23-18(20-19)17-9-6-14(10-15(17)11-21)13-4-7-16(22-3)8-5-13/h4-11H,12H2,1-3H3. The first kappa shape index (κ1) is 15.3. The second-order valence-corrected chi connectivity index (χ2v) is 6.17. The van der Waals surface area contributed by atoms with E-state index in [1.807, 2.05) is 56.3 Å². The first-order valence-electron chi connectivity index (χ1n) is 7.49. The Bertz CT molecular complexity index is 761. The lowest BCUT2D eigenvalue weighted by Crippen LogP contribution is -2.17. The van der Waals surface area contributed by atoms with Gasteiger partial charge in [-0.05, 0) is 49.2 Å². The molecule has 1 heterocycles. The van der Waals surface area contributed by atoms with Crippen molar-refractivity contribution in [1.82, 2.24) is 0 Å². The fraction of sp³-hybridized carbons (Fsp3) is 0.263. The molecule has 23 heavy (non-hydrogen) atoms. The molecule has 1 aliphatic rings. The van der Waals surface area contributed by atoms with E-state index < -0.39 is 0 Å². The van der Waals surface area contributed by atoms with Crippen LogP contribution in [0, 0.1) is 0 Å². The van der Waals surface area contributed by atoms with Crippen molar-refractivity contribution in [3.05, 3.63) is 53.6 Å². The minimum absolute atomic E-state index is 0.246. The van der Waals surface area contributed by atoms with Gasteiger partial charge in [0.05, 0.1) is 12.6 Å². The van der Waals surface area contributed by atoms with Gasteiger partial charge in [0.1, 0.15) is 12.4 Å². The average molecular weight is 309 g/mol. The summed E-state index contributed by atoms with van der Waals surface area (Å²) >= 11 is 0. The minimum atomic E-state index is -0.246. The molecule has 0 radical (unpaired) electrons. The number of ether oxygens (including phenoxy) is 2. The summed E-state index contributed by atoms with van der Waals surface area (Å²) in [5.74, 6) is 1.34. The van der Waals surface area contributed by atoms with Gasteiger partial charge in [0.15, 0.2) is 6.29 Å². The molecule has 0 bridgehead atoms. The highest BCUT2D eigenvalue weighted by molar-refractivity contribution is 6.03. The molecule has 0 aromatic heterocycles. The molecule has 118 valence electrons.